The summed E-state index contributed by atoms with van der Waals surface area (Å²) in [6, 6.07) is 5.40. The molecule has 0 bridgehead atoms. The van der Waals surface area contributed by atoms with Crippen molar-refractivity contribution in [3.63, 3.8) is 0 Å². The molecule has 4 heteroatoms. The summed E-state index contributed by atoms with van der Waals surface area (Å²) in [6.07, 6.45) is 0.858. The fourth-order valence-electron chi connectivity index (χ4n) is 1.48. The maximum Gasteiger partial charge on any atom is 0.343 e. The fraction of sp³-hybridized carbons (Fsp3) is 0.462. The highest BCUT2D eigenvalue weighted by molar-refractivity contribution is 6.30. The van der Waals surface area contributed by atoms with Crippen LogP contribution in [-0.4, -0.2) is 19.7 Å². The van der Waals surface area contributed by atoms with Crippen LogP contribution in [0.1, 0.15) is 19.4 Å². The molecule has 0 saturated carbocycles. The summed E-state index contributed by atoms with van der Waals surface area (Å²) in [5, 5.41) is 0.672. The second-order valence-electron chi connectivity index (χ2n) is 4.21. The van der Waals surface area contributed by atoms with Gasteiger partial charge in [0.25, 0.3) is 0 Å². The first-order chi connectivity index (χ1) is 8.02. The van der Waals surface area contributed by atoms with Gasteiger partial charge < -0.3 is 9.47 Å². The highest BCUT2D eigenvalue weighted by Crippen LogP contribution is 2.25. The van der Waals surface area contributed by atoms with Crippen molar-refractivity contribution in [1.82, 2.24) is 0 Å². The van der Waals surface area contributed by atoms with Crippen LogP contribution in [-0.2, 0) is 16.0 Å². The van der Waals surface area contributed by atoms with Gasteiger partial charge in [0, 0.05) is 5.02 Å². The summed E-state index contributed by atoms with van der Waals surface area (Å²) in [5.74, 6) is 0.790. The van der Waals surface area contributed by atoms with Gasteiger partial charge in [0.1, 0.15) is 5.75 Å². The van der Waals surface area contributed by atoms with Gasteiger partial charge in [0.05, 0.1) is 7.11 Å². The highest BCUT2D eigenvalue weighted by Gasteiger charge is 2.09. The van der Waals surface area contributed by atoms with Crippen molar-refractivity contribution in [2.45, 2.75) is 20.3 Å². The number of benzene rings is 1. The van der Waals surface area contributed by atoms with Crippen molar-refractivity contribution in [3.05, 3.63) is 28.8 Å². The quantitative estimate of drug-likeness (QED) is 0.760. The third-order valence-corrected chi connectivity index (χ3v) is 2.46. The average Bonchev–Trinajstić information content (AvgIpc) is 2.26. The van der Waals surface area contributed by atoms with Gasteiger partial charge in [0.15, 0.2) is 6.61 Å². The van der Waals surface area contributed by atoms with Gasteiger partial charge in [-0.1, -0.05) is 25.4 Å². The molecule has 0 aliphatic rings. The predicted octanol–water partition coefficient (Wildman–Crippen LogP) is 3.09. The number of carbonyl (C=O) groups excluding carboxylic acids is 1. The maximum atomic E-state index is 11.0. The standard InChI is InChI=1S/C13H17ClO3/c1-9(2)6-10-7-11(14)4-5-12(10)17-8-13(15)16-3/h4-5,7,9H,6,8H2,1-3H3. The minimum Gasteiger partial charge on any atom is -0.482 e. The first kappa shape index (κ1) is 13.8. The van der Waals surface area contributed by atoms with E-state index in [0.29, 0.717) is 16.7 Å². The van der Waals surface area contributed by atoms with E-state index >= 15 is 0 Å². The van der Waals surface area contributed by atoms with E-state index in [2.05, 4.69) is 18.6 Å². The lowest BCUT2D eigenvalue weighted by atomic mass is 10.0. The zero-order chi connectivity index (χ0) is 12.8. The van der Waals surface area contributed by atoms with Crippen molar-refractivity contribution in [1.29, 1.82) is 0 Å². The molecule has 0 heterocycles. The summed E-state index contributed by atoms with van der Waals surface area (Å²) in [4.78, 5) is 11.0. The number of esters is 1. The lowest BCUT2D eigenvalue weighted by Gasteiger charge is -2.12. The van der Waals surface area contributed by atoms with E-state index in [1.807, 2.05) is 6.07 Å². The van der Waals surface area contributed by atoms with Gasteiger partial charge in [-0.2, -0.15) is 0 Å². The summed E-state index contributed by atoms with van der Waals surface area (Å²) >= 11 is 5.94. The third-order valence-electron chi connectivity index (χ3n) is 2.22. The first-order valence-corrected chi connectivity index (χ1v) is 5.88. The number of halogens is 1. The number of methoxy groups -OCH3 is 1. The summed E-state index contributed by atoms with van der Waals surface area (Å²) in [6.45, 7) is 4.15. The van der Waals surface area contributed by atoms with Crippen molar-refractivity contribution in [2.24, 2.45) is 5.92 Å². The highest BCUT2D eigenvalue weighted by atomic mass is 35.5. The molecule has 0 saturated heterocycles. The summed E-state index contributed by atoms with van der Waals surface area (Å²) in [7, 11) is 1.34. The number of ether oxygens (including phenoxy) is 2. The van der Waals surface area contributed by atoms with Gasteiger partial charge in [-0.3, -0.25) is 0 Å². The van der Waals surface area contributed by atoms with Crippen LogP contribution in [0.15, 0.2) is 18.2 Å². The molecule has 3 nitrogen and oxygen atoms in total. The Morgan fingerprint density at radius 1 is 1.41 bits per heavy atom. The van der Waals surface area contributed by atoms with E-state index in [9.17, 15) is 4.79 Å². The Labute approximate surface area is 107 Å². The molecule has 0 aromatic heterocycles. The van der Waals surface area contributed by atoms with Gasteiger partial charge in [-0.15, -0.1) is 0 Å². The molecule has 1 aromatic rings. The smallest absolute Gasteiger partial charge is 0.343 e. The molecular formula is C13H17ClO3. The molecule has 0 atom stereocenters. The van der Waals surface area contributed by atoms with Crippen LogP contribution in [0.25, 0.3) is 0 Å². The molecule has 0 aliphatic heterocycles. The fourth-order valence-corrected chi connectivity index (χ4v) is 1.68. The van der Waals surface area contributed by atoms with E-state index in [4.69, 9.17) is 16.3 Å². The monoisotopic (exact) mass is 256 g/mol. The average molecular weight is 257 g/mol. The predicted molar refractivity (Wildman–Crippen MR) is 67.5 cm³/mol. The minimum absolute atomic E-state index is 0.0801. The molecule has 94 valence electrons. The van der Waals surface area contributed by atoms with E-state index in [-0.39, 0.29) is 6.61 Å². The van der Waals surface area contributed by atoms with Crippen LogP contribution in [0.5, 0.6) is 5.75 Å². The number of carbonyl (C=O) groups is 1. The number of hydrogen-bond acceptors (Lipinski definition) is 3. The lowest BCUT2D eigenvalue weighted by molar-refractivity contribution is -0.142. The van der Waals surface area contributed by atoms with Gasteiger partial charge in [-0.05, 0) is 36.1 Å². The van der Waals surface area contributed by atoms with Crippen LogP contribution in [0, 0.1) is 5.92 Å². The first-order valence-electron chi connectivity index (χ1n) is 5.51. The van der Waals surface area contributed by atoms with E-state index in [0.717, 1.165) is 12.0 Å². The number of hydrogen-bond donors (Lipinski definition) is 0. The van der Waals surface area contributed by atoms with Gasteiger partial charge >= 0.3 is 5.97 Å². The van der Waals surface area contributed by atoms with Crippen molar-refractivity contribution < 1.29 is 14.3 Å². The SMILES string of the molecule is COC(=O)COc1ccc(Cl)cc1CC(C)C. The molecule has 0 fully saturated rings. The van der Waals surface area contributed by atoms with E-state index < -0.39 is 5.97 Å². The van der Waals surface area contributed by atoms with Crippen molar-refractivity contribution in [2.75, 3.05) is 13.7 Å². The molecule has 0 N–H and O–H groups in total. The van der Waals surface area contributed by atoms with E-state index in [1.165, 1.54) is 7.11 Å². The van der Waals surface area contributed by atoms with Crippen LogP contribution in [0.4, 0.5) is 0 Å². The zero-order valence-electron chi connectivity index (χ0n) is 10.3. The molecule has 1 rings (SSSR count). The Morgan fingerprint density at radius 2 is 2.12 bits per heavy atom. The van der Waals surface area contributed by atoms with Gasteiger partial charge in [0.2, 0.25) is 0 Å². The second-order valence-corrected chi connectivity index (χ2v) is 4.65. The lowest BCUT2D eigenvalue weighted by Crippen LogP contribution is -2.13. The molecule has 1 aromatic carbocycles. The normalized spacial score (nSPS) is 10.4. The van der Waals surface area contributed by atoms with Gasteiger partial charge in [-0.25, -0.2) is 4.79 Å². The Hall–Kier alpha value is -1.22. The molecule has 0 radical (unpaired) electrons. The molecule has 17 heavy (non-hydrogen) atoms. The second kappa shape index (κ2) is 6.50. The summed E-state index contributed by atoms with van der Waals surface area (Å²) < 4.78 is 9.94. The zero-order valence-corrected chi connectivity index (χ0v) is 11.1. The molecule has 0 unspecified atom stereocenters. The Bertz CT molecular complexity index is 388. The largest absolute Gasteiger partial charge is 0.482 e. The van der Waals surface area contributed by atoms with Crippen LogP contribution < -0.4 is 4.74 Å². The topological polar surface area (TPSA) is 35.5 Å². The Balaban J connectivity index is 2.78. The summed E-state index contributed by atoms with van der Waals surface area (Å²) in [5.41, 5.74) is 1.01. The Morgan fingerprint density at radius 3 is 2.71 bits per heavy atom. The molecule has 0 amide bonds. The maximum absolute atomic E-state index is 11.0. The number of rotatable bonds is 5. The van der Waals surface area contributed by atoms with Crippen LogP contribution in [0.3, 0.4) is 0 Å². The Kier molecular flexibility index (Phi) is 5.29. The molecule has 0 spiro atoms. The van der Waals surface area contributed by atoms with Crippen LogP contribution in [0.2, 0.25) is 5.02 Å². The third kappa shape index (κ3) is 4.65. The van der Waals surface area contributed by atoms with Crippen LogP contribution >= 0.6 is 11.6 Å². The molecular weight excluding hydrogens is 240 g/mol. The van der Waals surface area contributed by atoms with Crippen molar-refractivity contribution in [3.8, 4) is 5.75 Å². The van der Waals surface area contributed by atoms with E-state index in [1.54, 1.807) is 12.1 Å². The van der Waals surface area contributed by atoms with Crippen molar-refractivity contribution >= 4 is 17.6 Å². The molecule has 0 aliphatic carbocycles. The minimum atomic E-state index is -0.393.